The second-order valence-corrected chi connectivity index (χ2v) is 9.29. The molecule has 152 valence electrons. The summed E-state index contributed by atoms with van der Waals surface area (Å²) in [5.74, 6) is -0.0807. The van der Waals surface area contributed by atoms with Crippen molar-refractivity contribution in [3.63, 3.8) is 0 Å². The molecule has 2 aliphatic carbocycles. The highest BCUT2D eigenvalue weighted by Gasteiger charge is 2.55. The van der Waals surface area contributed by atoms with E-state index in [1.165, 1.54) is 0 Å². The summed E-state index contributed by atoms with van der Waals surface area (Å²) >= 11 is 1.71. The lowest BCUT2D eigenvalue weighted by Gasteiger charge is -2.35. The predicted octanol–water partition coefficient (Wildman–Crippen LogP) is 2.43. The number of carbonyl (C=O) groups excluding carboxylic acids is 1. The molecule has 1 aromatic carbocycles. The van der Waals surface area contributed by atoms with Crippen LogP contribution in [0.15, 0.2) is 30.5 Å². The van der Waals surface area contributed by atoms with Crippen molar-refractivity contribution in [3.05, 3.63) is 41.8 Å². The molecule has 9 heteroatoms. The molecule has 5 rings (SSSR count). The lowest BCUT2D eigenvalue weighted by molar-refractivity contribution is -0.123. The number of aliphatic hydroxyl groups is 1. The Morgan fingerprint density at radius 1 is 1.34 bits per heavy atom. The van der Waals surface area contributed by atoms with Gasteiger partial charge in [0.1, 0.15) is 0 Å². The third kappa shape index (κ3) is 3.32. The molecule has 29 heavy (non-hydrogen) atoms. The van der Waals surface area contributed by atoms with E-state index in [-0.39, 0.29) is 46.7 Å². The summed E-state index contributed by atoms with van der Waals surface area (Å²) in [5.41, 5.74) is 7.20. The minimum Gasteiger partial charge on any atom is -0.388 e. The number of thioether (sulfide) groups is 1. The lowest BCUT2D eigenvalue weighted by Crippen LogP contribution is -2.46. The van der Waals surface area contributed by atoms with Gasteiger partial charge < -0.3 is 21.5 Å². The van der Waals surface area contributed by atoms with E-state index in [9.17, 15) is 14.3 Å². The zero-order valence-electron chi connectivity index (χ0n) is 15.6. The molecule has 6 bridgehead atoms. The molecular weight excluding hydrogens is 393 g/mol. The number of aliphatic hydroxyl groups excluding tert-OH is 1. The standard InChI is InChI=1S/C20H22FN5O2S/c21-13-7-23-20-24-11-3-1-2-9(4-11)14(27)8-29-15-6-10-5-12(15)17(16(10)18(22)28)25-19(13)26-20/h1-4,7,10,12,14-17,27H,5-6,8H2,(H2,22,28)(H2,23,24,25,26)/t10-,12-,14-,15-,16+,17-/m1/s1. The Hall–Kier alpha value is -2.39. The van der Waals surface area contributed by atoms with Gasteiger partial charge in [-0.3, -0.25) is 4.79 Å². The number of amides is 1. The number of primary amides is 1. The number of carbonyl (C=O) groups is 1. The van der Waals surface area contributed by atoms with Crippen LogP contribution in [0.2, 0.25) is 0 Å². The first-order valence-electron chi connectivity index (χ1n) is 9.74. The van der Waals surface area contributed by atoms with Crippen LogP contribution in [0.25, 0.3) is 0 Å². The molecule has 1 amide bonds. The van der Waals surface area contributed by atoms with Gasteiger partial charge in [-0.25, -0.2) is 9.37 Å². The topological polar surface area (TPSA) is 113 Å². The zero-order chi connectivity index (χ0) is 20.1. The van der Waals surface area contributed by atoms with Gasteiger partial charge in [0, 0.05) is 22.7 Å². The summed E-state index contributed by atoms with van der Waals surface area (Å²) in [6.45, 7) is 0. The fourth-order valence-electron chi connectivity index (χ4n) is 5.05. The maximum Gasteiger partial charge on any atom is 0.229 e. The van der Waals surface area contributed by atoms with Crippen LogP contribution in [-0.2, 0) is 4.79 Å². The Kier molecular flexibility index (Phi) is 4.59. The summed E-state index contributed by atoms with van der Waals surface area (Å²) < 4.78 is 14.5. The lowest BCUT2D eigenvalue weighted by atomic mass is 9.83. The van der Waals surface area contributed by atoms with Gasteiger partial charge in [-0.15, -0.1) is 0 Å². The monoisotopic (exact) mass is 415 g/mol. The second-order valence-electron chi connectivity index (χ2n) is 8.02. The Labute approximate surface area is 171 Å². The number of hydrogen-bond donors (Lipinski definition) is 4. The van der Waals surface area contributed by atoms with Gasteiger partial charge in [0.25, 0.3) is 0 Å². The maximum atomic E-state index is 14.5. The minimum absolute atomic E-state index is 0.0725. The minimum atomic E-state index is -0.605. The van der Waals surface area contributed by atoms with E-state index in [0.717, 1.165) is 24.6 Å². The first kappa shape index (κ1) is 18.6. The molecule has 0 radical (unpaired) electrons. The van der Waals surface area contributed by atoms with Crippen molar-refractivity contribution in [2.24, 2.45) is 23.5 Å². The number of nitrogens with two attached hydrogens (primary N) is 1. The second kappa shape index (κ2) is 7.14. The average molecular weight is 415 g/mol. The van der Waals surface area contributed by atoms with E-state index >= 15 is 0 Å². The fourth-order valence-corrected chi connectivity index (χ4v) is 6.58. The molecule has 2 fully saturated rings. The average Bonchev–Trinajstić information content (AvgIpc) is 3.26. The van der Waals surface area contributed by atoms with Gasteiger partial charge in [-0.2, -0.15) is 16.7 Å². The summed E-state index contributed by atoms with van der Waals surface area (Å²) in [7, 11) is 0. The number of anilines is 3. The van der Waals surface area contributed by atoms with Crippen molar-refractivity contribution in [2.75, 3.05) is 16.4 Å². The number of aromatic nitrogens is 2. The molecule has 2 saturated carbocycles. The summed E-state index contributed by atoms with van der Waals surface area (Å²) in [5, 5.41) is 17.2. The van der Waals surface area contributed by atoms with Crippen molar-refractivity contribution in [3.8, 4) is 0 Å². The Morgan fingerprint density at radius 2 is 2.21 bits per heavy atom. The number of fused-ring (bicyclic) bond motifs is 5. The van der Waals surface area contributed by atoms with Crippen LogP contribution in [0.1, 0.15) is 24.5 Å². The van der Waals surface area contributed by atoms with Crippen molar-refractivity contribution >= 4 is 35.1 Å². The van der Waals surface area contributed by atoms with Crippen molar-refractivity contribution in [2.45, 2.75) is 30.2 Å². The molecule has 2 aromatic rings. The molecule has 0 unspecified atom stereocenters. The molecule has 1 aromatic heterocycles. The van der Waals surface area contributed by atoms with Crippen LogP contribution in [-0.4, -0.2) is 38.0 Å². The third-order valence-electron chi connectivity index (χ3n) is 6.32. The fraction of sp³-hybridized carbons (Fsp3) is 0.450. The molecule has 7 nitrogen and oxygen atoms in total. The van der Waals surface area contributed by atoms with Crippen molar-refractivity contribution in [1.82, 2.24) is 9.97 Å². The SMILES string of the molecule is NC(=O)[C@H]1[C@@H]2C[C@H]3[C@H]1Nc1nc(ncc1F)Nc1cccc(c1)[C@H](O)CS[C@@H]3C2. The molecule has 3 aliphatic rings. The van der Waals surface area contributed by atoms with Gasteiger partial charge in [0.15, 0.2) is 11.6 Å². The molecule has 5 N–H and O–H groups in total. The normalized spacial score (nSPS) is 32.8. The first-order chi connectivity index (χ1) is 14.0. The number of benzene rings is 1. The van der Waals surface area contributed by atoms with E-state index in [4.69, 9.17) is 5.73 Å². The molecule has 0 spiro atoms. The molecule has 2 heterocycles. The van der Waals surface area contributed by atoms with E-state index in [2.05, 4.69) is 20.6 Å². The summed E-state index contributed by atoms with van der Waals surface area (Å²) in [4.78, 5) is 20.4. The van der Waals surface area contributed by atoms with Crippen LogP contribution >= 0.6 is 11.8 Å². The van der Waals surface area contributed by atoms with Gasteiger partial charge in [0.05, 0.1) is 18.2 Å². The Morgan fingerprint density at radius 3 is 3.03 bits per heavy atom. The van der Waals surface area contributed by atoms with Crippen LogP contribution in [0.3, 0.4) is 0 Å². The van der Waals surface area contributed by atoms with E-state index in [1.807, 2.05) is 24.3 Å². The highest BCUT2D eigenvalue weighted by atomic mass is 32.2. The number of nitrogens with one attached hydrogen (secondary N) is 2. The van der Waals surface area contributed by atoms with Crippen molar-refractivity contribution in [1.29, 1.82) is 0 Å². The van der Waals surface area contributed by atoms with Crippen LogP contribution in [0.4, 0.5) is 21.8 Å². The van der Waals surface area contributed by atoms with E-state index in [0.29, 0.717) is 11.4 Å². The largest absolute Gasteiger partial charge is 0.388 e. The first-order valence-corrected chi connectivity index (χ1v) is 10.8. The van der Waals surface area contributed by atoms with Gasteiger partial charge in [0.2, 0.25) is 11.9 Å². The highest BCUT2D eigenvalue weighted by Crippen LogP contribution is 2.54. The number of nitrogens with zero attached hydrogens (tertiary/aromatic N) is 2. The quantitative estimate of drug-likeness (QED) is 0.566. The molecule has 1 aliphatic heterocycles. The number of hydrogen-bond acceptors (Lipinski definition) is 7. The van der Waals surface area contributed by atoms with E-state index < -0.39 is 11.9 Å². The van der Waals surface area contributed by atoms with Crippen LogP contribution in [0.5, 0.6) is 0 Å². The Bertz CT molecular complexity index is 960. The summed E-state index contributed by atoms with van der Waals surface area (Å²) in [6, 6.07) is 7.14. The summed E-state index contributed by atoms with van der Waals surface area (Å²) in [6.07, 6.45) is 2.26. The zero-order valence-corrected chi connectivity index (χ0v) is 16.4. The molecular formula is C20H22FN5O2S. The van der Waals surface area contributed by atoms with Gasteiger partial charge >= 0.3 is 0 Å². The smallest absolute Gasteiger partial charge is 0.229 e. The molecule has 6 atom stereocenters. The third-order valence-corrected chi connectivity index (χ3v) is 7.79. The van der Waals surface area contributed by atoms with E-state index in [1.54, 1.807) is 11.8 Å². The van der Waals surface area contributed by atoms with Crippen LogP contribution in [0, 0.1) is 23.6 Å². The van der Waals surface area contributed by atoms with Gasteiger partial charge in [-0.05, 0) is 42.4 Å². The van der Waals surface area contributed by atoms with Crippen LogP contribution < -0.4 is 16.4 Å². The Balaban J connectivity index is 1.56. The number of rotatable bonds is 1. The molecule has 0 saturated heterocycles. The van der Waals surface area contributed by atoms with Crippen molar-refractivity contribution < 1.29 is 14.3 Å². The number of halogens is 1. The maximum absolute atomic E-state index is 14.5. The highest BCUT2D eigenvalue weighted by molar-refractivity contribution is 7.99. The van der Waals surface area contributed by atoms with Gasteiger partial charge in [-0.1, -0.05) is 12.1 Å². The predicted molar refractivity (Wildman–Crippen MR) is 109 cm³/mol.